The lowest BCUT2D eigenvalue weighted by atomic mass is 9.85. The maximum Gasteiger partial charge on any atom is 0.315 e. The number of hydrogen-bond acceptors (Lipinski definition) is 4. The van der Waals surface area contributed by atoms with Crippen LogP contribution in [0.15, 0.2) is 24.3 Å². The zero-order valence-corrected chi connectivity index (χ0v) is 12.5. The average molecular weight is 279 g/mol. The quantitative estimate of drug-likeness (QED) is 0.860. The largest absolute Gasteiger partial charge is 0.468 e. The molecule has 1 aliphatic rings. The van der Waals surface area contributed by atoms with E-state index in [2.05, 4.69) is 5.32 Å². The minimum Gasteiger partial charge on any atom is -0.468 e. The molecular weight excluding hydrogens is 258 g/mol. The Morgan fingerprint density at radius 3 is 2.58 bits per heavy atom. The van der Waals surface area contributed by atoms with E-state index < -0.39 is 5.41 Å². The Balaban J connectivity index is 2.07. The first-order valence-corrected chi connectivity index (χ1v) is 7.73. The fourth-order valence-electron chi connectivity index (χ4n) is 2.24. The Bertz CT molecular complexity index is 436. The predicted octanol–water partition coefficient (Wildman–Crippen LogP) is 3.05. The van der Waals surface area contributed by atoms with Crippen LogP contribution in [0, 0.1) is 0 Å². The molecule has 0 bridgehead atoms. The van der Waals surface area contributed by atoms with Crippen LogP contribution >= 0.6 is 11.8 Å². The third-order valence-electron chi connectivity index (χ3n) is 3.60. The van der Waals surface area contributed by atoms with Crippen LogP contribution in [-0.2, 0) is 14.9 Å². The van der Waals surface area contributed by atoms with Crippen LogP contribution in [0.25, 0.3) is 0 Å². The highest BCUT2D eigenvalue weighted by molar-refractivity contribution is 7.99. The van der Waals surface area contributed by atoms with Crippen LogP contribution in [0.1, 0.15) is 25.8 Å². The van der Waals surface area contributed by atoms with Gasteiger partial charge in [0.1, 0.15) is 0 Å². The second kappa shape index (κ2) is 5.87. The number of methoxy groups -OCH3 is 1. The summed E-state index contributed by atoms with van der Waals surface area (Å²) < 4.78 is 4.85. The Hall–Kier alpha value is -1.16. The first-order valence-electron chi connectivity index (χ1n) is 6.57. The second-order valence-corrected chi connectivity index (χ2v) is 6.55. The van der Waals surface area contributed by atoms with Crippen LogP contribution in [0.4, 0.5) is 5.69 Å². The van der Waals surface area contributed by atoms with Gasteiger partial charge >= 0.3 is 5.97 Å². The molecule has 0 spiro atoms. The summed E-state index contributed by atoms with van der Waals surface area (Å²) in [6, 6.07) is 8.67. The van der Waals surface area contributed by atoms with Crippen molar-refractivity contribution in [2.24, 2.45) is 0 Å². The number of benzene rings is 1. The molecule has 1 aromatic carbocycles. The van der Waals surface area contributed by atoms with Crippen molar-refractivity contribution in [1.82, 2.24) is 0 Å². The lowest BCUT2D eigenvalue weighted by Gasteiger charge is -2.22. The van der Waals surface area contributed by atoms with E-state index in [0.29, 0.717) is 6.04 Å². The number of esters is 1. The number of ether oxygens (including phenoxy) is 1. The highest BCUT2D eigenvalue weighted by Gasteiger charge is 2.30. The molecule has 1 heterocycles. The van der Waals surface area contributed by atoms with Crippen molar-refractivity contribution >= 4 is 23.4 Å². The molecule has 0 amide bonds. The third-order valence-corrected chi connectivity index (χ3v) is 4.77. The molecule has 1 saturated heterocycles. The number of thioether (sulfide) groups is 1. The summed E-state index contributed by atoms with van der Waals surface area (Å²) >= 11 is 1.99. The molecular formula is C15H21NO2S. The van der Waals surface area contributed by atoms with Crippen LogP contribution < -0.4 is 5.32 Å². The van der Waals surface area contributed by atoms with Crippen molar-refractivity contribution < 1.29 is 9.53 Å². The van der Waals surface area contributed by atoms with E-state index in [9.17, 15) is 4.79 Å². The molecule has 0 radical (unpaired) electrons. The topological polar surface area (TPSA) is 38.3 Å². The molecule has 1 N–H and O–H groups in total. The average Bonchev–Trinajstić information content (AvgIpc) is 2.91. The lowest BCUT2D eigenvalue weighted by Crippen LogP contribution is -2.30. The highest BCUT2D eigenvalue weighted by Crippen LogP contribution is 2.27. The number of carbonyl (C=O) groups is 1. The van der Waals surface area contributed by atoms with Crippen LogP contribution in [0.2, 0.25) is 0 Å². The lowest BCUT2D eigenvalue weighted by molar-refractivity contribution is -0.146. The Morgan fingerprint density at radius 1 is 1.37 bits per heavy atom. The van der Waals surface area contributed by atoms with Gasteiger partial charge in [0.25, 0.3) is 0 Å². The van der Waals surface area contributed by atoms with Gasteiger partial charge in [-0.05, 0) is 43.7 Å². The summed E-state index contributed by atoms with van der Waals surface area (Å²) in [5.41, 5.74) is 1.50. The first kappa shape index (κ1) is 14.3. The van der Waals surface area contributed by atoms with Crippen LogP contribution in [0.3, 0.4) is 0 Å². The summed E-state index contributed by atoms with van der Waals surface area (Å²) in [5.74, 6) is 2.21. The SMILES string of the molecule is COC(=O)C(C)(C)c1ccc(N[C@H]2CCSC2)cc1. The molecule has 0 saturated carbocycles. The van der Waals surface area contributed by atoms with E-state index in [0.717, 1.165) is 11.3 Å². The standard InChI is InChI=1S/C15H21NO2S/c1-15(2,14(17)18-3)11-4-6-12(7-5-11)16-13-8-9-19-10-13/h4-7,13,16H,8-10H2,1-3H3/t13-/m0/s1. The fourth-order valence-corrected chi connectivity index (χ4v) is 3.39. The number of nitrogens with one attached hydrogen (secondary N) is 1. The maximum absolute atomic E-state index is 11.8. The summed E-state index contributed by atoms with van der Waals surface area (Å²) in [7, 11) is 1.43. The molecule has 4 heteroatoms. The number of rotatable bonds is 4. The molecule has 3 nitrogen and oxygen atoms in total. The Morgan fingerprint density at radius 2 is 2.05 bits per heavy atom. The molecule has 0 unspecified atom stereocenters. The summed E-state index contributed by atoms with van der Waals surface area (Å²) in [6.07, 6.45) is 1.22. The monoisotopic (exact) mass is 279 g/mol. The van der Waals surface area contributed by atoms with Gasteiger partial charge in [-0.1, -0.05) is 12.1 Å². The Kier molecular flexibility index (Phi) is 4.40. The van der Waals surface area contributed by atoms with Crippen LogP contribution in [0.5, 0.6) is 0 Å². The van der Waals surface area contributed by atoms with Crippen molar-refractivity contribution in [3.63, 3.8) is 0 Å². The van der Waals surface area contributed by atoms with E-state index in [-0.39, 0.29) is 5.97 Å². The van der Waals surface area contributed by atoms with E-state index >= 15 is 0 Å². The molecule has 104 valence electrons. The minimum atomic E-state index is -0.601. The Labute approximate surface area is 119 Å². The van der Waals surface area contributed by atoms with Crippen molar-refractivity contribution in [3.05, 3.63) is 29.8 Å². The number of carbonyl (C=O) groups excluding carboxylic acids is 1. The fraction of sp³-hybridized carbons (Fsp3) is 0.533. The van der Waals surface area contributed by atoms with Crippen molar-refractivity contribution in [1.29, 1.82) is 0 Å². The van der Waals surface area contributed by atoms with E-state index in [4.69, 9.17) is 4.74 Å². The molecule has 1 atom stereocenters. The highest BCUT2D eigenvalue weighted by atomic mass is 32.2. The van der Waals surface area contributed by atoms with E-state index in [1.807, 2.05) is 49.9 Å². The molecule has 1 aliphatic heterocycles. The zero-order valence-electron chi connectivity index (χ0n) is 11.7. The molecule has 1 fully saturated rings. The van der Waals surface area contributed by atoms with Gasteiger partial charge in [0.15, 0.2) is 0 Å². The first-order chi connectivity index (χ1) is 9.04. The van der Waals surface area contributed by atoms with Gasteiger partial charge in [-0.25, -0.2) is 0 Å². The van der Waals surface area contributed by atoms with Gasteiger partial charge in [-0.3, -0.25) is 4.79 Å². The number of anilines is 1. The zero-order chi connectivity index (χ0) is 13.9. The van der Waals surface area contributed by atoms with Gasteiger partial charge in [0, 0.05) is 17.5 Å². The minimum absolute atomic E-state index is 0.208. The normalized spacial score (nSPS) is 19.2. The molecule has 19 heavy (non-hydrogen) atoms. The van der Waals surface area contributed by atoms with Crippen molar-refractivity contribution in [2.75, 3.05) is 23.9 Å². The molecule has 1 aromatic rings. The maximum atomic E-state index is 11.8. The van der Waals surface area contributed by atoms with Gasteiger partial charge in [-0.2, -0.15) is 11.8 Å². The van der Waals surface area contributed by atoms with Crippen molar-refractivity contribution in [3.8, 4) is 0 Å². The molecule has 0 aromatic heterocycles. The third kappa shape index (κ3) is 3.24. The van der Waals surface area contributed by atoms with E-state index in [1.54, 1.807) is 0 Å². The smallest absolute Gasteiger partial charge is 0.315 e. The molecule has 0 aliphatic carbocycles. The van der Waals surface area contributed by atoms with Crippen molar-refractivity contribution in [2.45, 2.75) is 31.7 Å². The van der Waals surface area contributed by atoms with Gasteiger partial charge in [-0.15, -0.1) is 0 Å². The summed E-state index contributed by atoms with van der Waals surface area (Å²) in [5, 5.41) is 3.53. The van der Waals surface area contributed by atoms with Gasteiger partial charge < -0.3 is 10.1 Å². The van der Waals surface area contributed by atoms with Gasteiger partial charge in [0.2, 0.25) is 0 Å². The molecule has 2 rings (SSSR count). The summed E-state index contributed by atoms with van der Waals surface area (Å²) in [4.78, 5) is 11.8. The van der Waals surface area contributed by atoms with Crippen LogP contribution in [-0.4, -0.2) is 30.6 Å². The van der Waals surface area contributed by atoms with Gasteiger partial charge in [0.05, 0.1) is 12.5 Å². The van der Waals surface area contributed by atoms with E-state index in [1.165, 1.54) is 25.0 Å². The summed E-state index contributed by atoms with van der Waals surface area (Å²) in [6.45, 7) is 3.77. The second-order valence-electron chi connectivity index (χ2n) is 5.40. The predicted molar refractivity (Wildman–Crippen MR) is 80.8 cm³/mol. The number of hydrogen-bond donors (Lipinski definition) is 1.